The second kappa shape index (κ2) is 11.0. The number of amides is 1. The van der Waals surface area contributed by atoms with Gasteiger partial charge in [0.05, 0.1) is 24.7 Å². The molecule has 2 aromatic heterocycles. The number of methoxy groups -OCH3 is 1. The first kappa shape index (κ1) is 26.8. The van der Waals surface area contributed by atoms with Crippen molar-refractivity contribution in [3.63, 3.8) is 0 Å². The van der Waals surface area contributed by atoms with Crippen LogP contribution < -0.4 is 4.74 Å². The number of pyridine rings is 1. The van der Waals surface area contributed by atoms with Gasteiger partial charge in [-0.3, -0.25) is 9.78 Å². The molecular weight excluding hydrogens is 492 g/mol. The van der Waals surface area contributed by atoms with Crippen molar-refractivity contribution in [2.24, 2.45) is 0 Å². The minimum absolute atomic E-state index is 0.0937. The third-order valence-corrected chi connectivity index (χ3v) is 8.99. The van der Waals surface area contributed by atoms with Gasteiger partial charge in [0.2, 0.25) is 15.9 Å². The van der Waals surface area contributed by atoms with Gasteiger partial charge in [0.15, 0.2) is 0 Å². The van der Waals surface area contributed by atoms with Gasteiger partial charge in [0.25, 0.3) is 0 Å². The van der Waals surface area contributed by atoms with E-state index in [0.29, 0.717) is 24.4 Å². The van der Waals surface area contributed by atoms with Gasteiger partial charge in [-0.05, 0) is 67.3 Å². The Bertz CT molecular complexity index is 1370. The largest absolute Gasteiger partial charge is 0.496 e. The number of aromatic nitrogens is 2. The zero-order valence-corrected chi connectivity index (χ0v) is 22.8. The summed E-state index contributed by atoms with van der Waals surface area (Å²) in [5, 5.41) is 0. The fraction of sp³-hybridized carbons (Fsp3) is 0.407. The third kappa shape index (κ3) is 5.27. The van der Waals surface area contributed by atoms with Gasteiger partial charge in [0, 0.05) is 51.0 Å². The molecule has 1 aliphatic rings. The molecule has 3 heterocycles. The average molecular weight is 527 g/mol. The van der Waals surface area contributed by atoms with Crippen LogP contribution in [0.2, 0.25) is 0 Å². The van der Waals surface area contributed by atoms with Gasteiger partial charge < -0.3 is 18.9 Å². The third-order valence-electron chi connectivity index (χ3n) is 7.01. The highest BCUT2D eigenvalue weighted by molar-refractivity contribution is 7.89. The smallest absolute Gasteiger partial charge is 0.249 e. The molecule has 9 nitrogen and oxygen atoms in total. The molecule has 3 aromatic rings. The quantitative estimate of drug-likeness (QED) is 0.398. The summed E-state index contributed by atoms with van der Waals surface area (Å²) in [5.41, 5.74) is 4.17. The van der Waals surface area contributed by atoms with Gasteiger partial charge >= 0.3 is 0 Å². The van der Waals surface area contributed by atoms with E-state index in [9.17, 15) is 13.2 Å². The summed E-state index contributed by atoms with van der Waals surface area (Å²) >= 11 is 0. The second-order valence-corrected chi connectivity index (χ2v) is 11.3. The molecule has 1 aliphatic heterocycles. The van der Waals surface area contributed by atoms with Gasteiger partial charge in [0.1, 0.15) is 12.4 Å². The number of fused-ring (bicyclic) bond motifs is 1. The van der Waals surface area contributed by atoms with E-state index in [-0.39, 0.29) is 36.6 Å². The zero-order chi connectivity index (χ0) is 26.7. The zero-order valence-electron chi connectivity index (χ0n) is 22.0. The molecule has 1 atom stereocenters. The van der Waals surface area contributed by atoms with E-state index in [1.54, 1.807) is 37.4 Å². The van der Waals surface area contributed by atoms with Gasteiger partial charge in [-0.2, -0.15) is 4.31 Å². The molecule has 0 aliphatic carbocycles. The van der Waals surface area contributed by atoms with Crippen LogP contribution in [0.15, 0.2) is 53.8 Å². The molecule has 0 saturated carbocycles. The Morgan fingerprint density at radius 3 is 2.65 bits per heavy atom. The Labute approximate surface area is 218 Å². The molecule has 1 aromatic carbocycles. The predicted octanol–water partition coefficient (Wildman–Crippen LogP) is 3.09. The summed E-state index contributed by atoms with van der Waals surface area (Å²) in [6.07, 6.45) is 5.50. The van der Waals surface area contributed by atoms with Crippen LogP contribution in [0.5, 0.6) is 5.75 Å². The van der Waals surface area contributed by atoms with E-state index in [1.807, 2.05) is 44.3 Å². The van der Waals surface area contributed by atoms with Crippen molar-refractivity contribution >= 4 is 15.9 Å². The number of ether oxygens (including phenoxy) is 2. The first-order chi connectivity index (χ1) is 17.7. The first-order valence-electron chi connectivity index (χ1n) is 12.2. The Balaban J connectivity index is 1.39. The molecule has 37 heavy (non-hydrogen) atoms. The highest BCUT2D eigenvalue weighted by Gasteiger charge is 2.32. The number of carbonyl (C=O) groups is 1. The normalized spacial score (nSPS) is 15.6. The molecule has 0 bridgehead atoms. The van der Waals surface area contributed by atoms with E-state index in [4.69, 9.17) is 9.47 Å². The van der Waals surface area contributed by atoms with Crippen LogP contribution in [0.4, 0.5) is 0 Å². The van der Waals surface area contributed by atoms with E-state index >= 15 is 0 Å². The lowest BCUT2D eigenvalue weighted by Crippen LogP contribution is -2.44. The number of aryl methyl sites for hydroxylation is 1. The van der Waals surface area contributed by atoms with Crippen LogP contribution in [0, 0.1) is 20.8 Å². The number of sulfonamides is 1. The minimum Gasteiger partial charge on any atom is -0.496 e. The Morgan fingerprint density at radius 2 is 1.95 bits per heavy atom. The Hall–Kier alpha value is -3.21. The van der Waals surface area contributed by atoms with Gasteiger partial charge in [-0.25, -0.2) is 8.42 Å². The van der Waals surface area contributed by atoms with E-state index in [1.165, 1.54) is 11.4 Å². The van der Waals surface area contributed by atoms with Crippen LogP contribution in [0.25, 0.3) is 0 Å². The van der Waals surface area contributed by atoms with Crippen molar-refractivity contribution in [2.75, 3.05) is 40.5 Å². The topological polar surface area (TPSA) is 94.0 Å². The standard InChI is InChI=1S/C27H34N4O5S/c1-19-16-24(20(2)21(3)27(19)35-5)37(33,34)29(4)14-15-36-18-25(32)31-13-12-30-11-7-9-23(30)26(31)22-8-6-10-28-17-22/h6-11,16-17,26H,12-15,18H2,1-5H3. The Morgan fingerprint density at radius 1 is 1.16 bits per heavy atom. The summed E-state index contributed by atoms with van der Waals surface area (Å²) in [6.45, 7) is 6.79. The summed E-state index contributed by atoms with van der Waals surface area (Å²) in [6, 6.07) is 9.21. The number of hydrogen-bond donors (Lipinski definition) is 0. The van der Waals surface area contributed by atoms with Crippen LogP contribution in [-0.4, -0.2) is 73.5 Å². The van der Waals surface area contributed by atoms with Crippen molar-refractivity contribution in [3.05, 3.63) is 76.9 Å². The van der Waals surface area contributed by atoms with Gasteiger partial charge in [-0.1, -0.05) is 6.07 Å². The lowest BCUT2D eigenvalue weighted by Gasteiger charge is -2.37. The molecule has 198 valence electrons. The molecule has 1 amide bonds. The maximum Gasteiger partial charge on any atom is 0.249 e. The molecule has 4 rings (SSSR count). The fourth-order valence-electron chi connectivity index (χ4n) is 4.87. The number of benzene rings is 1. The maximum absolute atomic E-state index is 13.3. The molecule has 10 heteroatoms. The van der Waals surface area contributed by atoms with Crippen molar-refractivity contribution in [1.82, 2.24) is 18.8 Å². The van der Waals surface area contributed by atoms with E-state index in [0.717, 1.165) is 22.4 Å². The van der Waals surface area contributed by atoms with Crippen molar-refractivity contribution in [1.29, 1.82) is 0 Å². The minimum atomic E-state index is -3.74. The SMILES string of the molecule is COc1c(C)cc(S(=O)(=O)N(C)CCOCC(=O)N2CCn3cccc3C2c2cccnc2)c(C)c1C. The lowest BCUT2D eigenvalue weighted by molar-refractivity contribution is -0.138. The molecule has 0 spiro atoms. The van der Waals surface area contributed by atoms with E-state index in [2.05, 4.69) is 9.55 Å². The summed E-state index contributed by atoms with van der Waals surface area (Å²) in [5.74, 6) is 0.541. The molecule has 0 radical (unpaired) electrons. The highest BCUT2D eigenvalue weighted by atomic mass is 32.2. The maximum atomic E-state index is 13.3. The molecule has 0 saturated heterocycles. The van der Waals surface area contributed by atoms with E-state index < -0.39 is 10.0 Å². The van der Waals surface area contributed by atoms with Gasteiger partial charge in [-0.15, -0.1) is 0 Å². The average Bonchev–Trinajstić information content (AvgIpc) is 3.37. The van der Waals surface area contributed by atoms with Crippen LogP contribution in [-0.2, 0) is 26.1 Å². The number of likely N-dealkylation sites (N-methyl/N-ethyl adjacent to an activating group) is 1. The first-order valence-corrected chi connectivity index (χ1v) is 13.6. The second-order valence-electron chi connectivity index (χ2n) is 9.26. The summed E-state index contributed by atoms with van der Waals surface area (Å²) in [7, 11) is -0.642. The van der Waals surface area contributed by atoms with Crippen LogP contribution >= 0.6 is 0 Å². The van der Waals surface area contributed by atoms with Crippen LogP contribution in [0.1, 0.15) is 34.0 Å². The predicted molar refractivity (Wildman–Crippen MR) is 140 cm³/mol. The number of nitrogens with zero attached hydrogens (tertiary/aromatic N) is 4. The number of carbonyl (C=O) groups excluding carboxylic acids is 1. The molecular formula is C27H34N4O5S. The molecule has 0 N–H and O–H groups in total. The summed E-state index contributed by atoms with van der Waals surface area (Å²) in [4.78, 5) is 19.5. The Kier molecular flexibility index (Phi) is 8.01. The molecule has 1 unspecified atom stereocenters. The molecule has 0 fully saturated rings. The highest BCUT2D eigenvalue weighted by Crippen LogP contribution is 2.33. The summed E-state index contributed by atoms with van der Waals surface area (Å²) < 4.78 is 41.0. The monoisotopic (exact) mass is 526 g/mol. The van der Waals surface area contributed by atoms with Crippen molar-refractivity contribution < 1.29 is 22.7 Å². The van der Waals surface area contributed by atoms with Crippen molar-refractivity contribution in [2.45, 2.75) is 38.3 Å². The fourth-order valence-corrected chi connectivity index (χ4v) is 6.38. The van der Waals surface area contributed by atoms with Crippen molar-refractivity contribution in [3.8, 4) is 5.75 Å². The lowest BCUT2D eigenvalue weighted by atomic mass is 10.0. The van der Waals surface area contributed by atoms with Crippen LogP contribution in [0.3, 0.4) is 0 Å². The number of hydrogen-bond acceptors (Lipinski definition) is 6. The number of rotatable bonds is 9.